The zero-order valence-corrected chi connectivity index (χ0v) is 37.0. The summed E-state index contributed by atoms with van der Waals surface area (Å²) in [6.07, 6.45) is 20.7. The predicted molar refractivity (Wildman–Crippen MR) is 240 cm³/mol. The molecule has 61 heavy (non-hydrogen) atoms. The molecule has 9 rings (SSSR count). The molecule has 320 valence electrons. The van der Waals surface area contributed by atoms with Gasteiger partial charge in [0.2, 0.25) is 0 Å². The molecule has 3 unspecified atom stereocenters. The molecule has 8 nitrogen and oxygen atoms in total. The van der Waals surface area contributed by atoms with Crippen molar-refractivity contribution in [2.75, 3.05) is 20.3 Å². The van der Waals surface area contributed by atoms with Gasteiger partial charge in [0, 0.05) is 28.0 Å². The Balaban J connectivity index is 1.16. The summed E-state index contributed by atoms with van der Waals surface area (Å²) < 4.78 is 31.2. The maximum atomic E-state index is 11.9. The van der Waals surface area contributed by atoms with Crippen LogP contribution in [0.5, 0.6) is 23.0 Å². The van der Waals surface area contributed by atoms with Crippen LogP contribution in [-0.4, -0.2) is 42.3 Å². The third-order valence-electron chi connectivity index (χ3n) is 14.6. The molecular formula is C52H58O8S. The molecule has 3 aliphatic carbocycles. The first-order valence-corrected chi connectivity index (χ1v) is 23.0. The minimum absolute atomic E-state index is 0.0196. The number of aliphatic carboxylic acids is 1. The van der Waals surface area contributed by atoms with E-state index in [2.05, 4.69) is 76.3 Å². The van der Waals surface area contributed by atoms with Gasteiger partial charge >= 0.3 is 11.9 Å². The van der Waals surface area contributed by atoms with Gasteiger partial charge in [-0.1, -0.05) is 80.4 Å². The zero-order valence-electron chi connectivity index (χ0n) is 36.1. The van der Waals surface area contributed by atoms with Crippen molar-refractivity contribution in [2.45, 2.75) is 125 Å². The third kappa shape index (κ3) is 7.38. The fraction of sp³-hybridized carbons (Fsp3) is 0.462. The number of thioether (sulfide) groups is 1. The molecule has 2 aliphatic heterocycles. The van der Waals surface area contributed by atoms with E-state index in [0.29, 0.717) is 17.1 Å². The second kappa shape index (κ2) is 16.1. The number of rotatable bonds is 11. The fourth-order valence-corrected chi connectivity index (χ4v) is 12.5. The smallest absolute Gasteiger partial charge is 0.306 e. The maximum absolute atomic E-state index is 11.9. The Kier molecular flexibility index (Phi) is 10.9. The number of esters is 1. The van der Waals surface area contributed by atoms with Crippen LogP contribution in [0.3, 0.4) is 0 Å². The first kappa shape index (κ1) is 41.5. The van der Waals surface area contributed by atoms with Crippen molar-refractivity contribution in [1.82, 2.24) is 0 Å². The van der Waals surface area contributed by atoms with E-state index in [-0.39, 0.29) is 42.3 Å². The Bertz CT molecular complexity index is 2380. The highest BCUT2D eigenvalue weighted by Gasteiger charge is 2.56. The van der Waals surface area contributed by atoms with Crippen LogP contribution in [0.4, 0.5) is 0 Å². The number of methoxy groups -OCH3 is 1. The summed E-state index contributed by atoms with van der Waals surface area (Å²) in [5.41, 5.74) is 5.56. The lowest BCUT2D eigenvalue weighted by molar-refractivity contribution is -0.148. The summed E-state index contributed by atoms with van der Waals surface area (Å²) in [5, 5.41) is 11.2. The van der Waals surface area contributed by atoms with E-state index in [1.165, 1.54) is 79.9 Å². The molecule has 0 saturated heterocycles. The molecule has 9 heteroatoms. The summed E-state index contributed by atoms with van der Waals surface area (Å²) in [4.78, 5) is 23.5. The SMILES string of the molecule is C/C=C\C1c2c(c3c(c4cc5c(cc24)OC(C)(C)S5)OC(c2ccc(OC)cc2)(c2ccc(OCCOC(=O)CCC(=O)O)cc2)C=C3)C2(CCC3(CCCCC3)CC2)C1C. The Morgan fingerprint density at radius 2 is 1.54 bits per heavy atom. The largest absolute Gasteiger partial charge is 0.497 e. The Morgan fingerprint density at radius 3 is 2.20 bits per heavy atom. The second-order valence-electron chi connectivity index (χ2n) is 18.4. The molecule has 0 radical (unpaired) electrons. The van der Waals surface area contributed by atoms with Crippen LogP contribution >= 0.6 is 11.8 Å². The molecule has 0 aromatic heterocycles. The Morgan fingerprint density at radius 1 is 0.852 bits per heavy atom. The van der Waals surface area contributed by atoms with Crippen molar-refractivity contribution in [3.05, 3.63) is 107 Å². The molecule has 2 spiro atoms. The van der Waals surface area contributed by atoms with Crippen molar-refractivity contribution in [2.24, 2.45) is 11.3 Å². The minimum Gasteiger partial charge on any atom is -0.497 e. The van der Waals surface area contributed by atoms with E-state index >= 15 is 0 Å². The van der Waals surface area contributed by atoms with Gasteiger partial charge in [0.25, 0.3) is 0 Å². The first-order chi connectivity index (χ1) is 29.4. The van der Waals surface area contributed by atoms with Crippen LogP contribution in [0.1, 0.15) is 132 Å². The molecule has 2 heterocycles. The number of carbonyl (C=O) groups is 2. The molecule has 0 bridgehead atoms. The van der Waals surface area contributed by atoms with E-state index < -0.39 is 17.5 Å². The zero-order chi connectivity index (χ0) is 42.6. The predicted octanol–water partition coefficient (Wildman–Crippen LogP) is 12.3. The number of carboxylic acids is 1. The van der Waals surface area contributed by atoms with Gasteiger partial charge in [-0.2, -0.15) is 0 Å². The van der Waals surface area contributed by atoms with Gasteiger partial charge in [-0.05, 0) is 135 Å². The van der Waals surface area contributed by atoms with Gasteiger partial charge in [-0.25, -0.2) is 0 Å². The van der Waals surface area contributed by atoms with Crippen LogP contribution in [0.25, 0.3) is 16.8 Å². The lowest BCUT2D eigenvalue weighted by Crippen LogP contribution is -2.41. The van der Waals surface area contributed by atoms with E-state index in [0.717, 1.165) is 38.7 Å². The van der Waals surface area contributed by atoms with E-state index in [4.69, 9.17) is 28.8 Å². The third-order valence-corrected chi connectivity index (χ3v) is 15.7. The van der Waals surface area contributed by atoms with Gasteiger partial charge < -0.3 is 28.8 Å². The van der Waals surface area contributed by atoms with Crippen molar-refractivity contribution < 1.29 is 38.4 Å². The molecule has 3 atom stereocenters. The molecular weight excluding hydrogens is 785 g/mol. The summed E-state index contributed by atoms with van der Waals surface area (Å²) >= 11 is 1.76. The van der Waals surface area contributed by atoms with Crippen molar-refractivity contribution >= 4 is 40.5 Å². The number of carbonyl (C=O) groups excluding carboxylic acids is 1. The minimum atomic E-state index is -1.03. The average molecular weight is 843 g/mol. The highest BCUT2D eigenvalue weighted by Crippen LogP contribution is 2.66. The average Bonchev–Trinajstić information content (AvgIpc) is 3.70. The number of fused-ring (bicyclic) bond motifs is 8. The van der Waals surface area contributed by atoms with Gasteiger partial charge in [0.15, 0.2) is 10.5 Å². The molecule has 1 N–H and O–H groups in total. The summed E-state index contributed by atoms with van der Waals surface area (Å²) in [6, 6.07) is 20.7. The molecule has 2 fully saturated rings. The standard InChI is InChI=1S/C52H58O8S/c1-6-10-38-33(2)51(27-25-50(26-28-51)22-8-7-9-23-50)47-39-21-24-52(34-11-15-36(56-5)16-12-34,35-13-17-37(18-14-35)57-29-30-58-45(55)20-19-44(53)54)60-48(39)41-32-43-42(31-40(41)46(38)47)59-49(3,4)61-43/h6,10-18,21,24,31-33,38H,7-9,19-20,22-23,25-30H2,1-5H3,(H,53,54)/b10-6-. The molecule has 4 aromatic carbocycles. The quantitative estimate of drug-likeness (QED) is 0.0898. The van der Waals surface area contributed by atoms with Crippen molar-refractivity contribution in [3.8, 4) is 23.0 Å². The van der Waals surface area contributed by atoms with Crippen LogP contribution in [-0.2, 0) is 25.3 Å². The van der Waals surface area contributed by atoms with E-state index in [1.807, 2.05) is 36.4 Å². The number of ether oxygens (including phenoxy) is 5. The number of carboxylic acid groups (broad SMARTS) is 1. The highest BCUT2D eigenvalue weighted by atomic mass is 32.2. The van der Waals surface area contributed by atoms with Crippen LogP contribution in [0, 0.1) is 11.3 Å². The summed E-state index contributed by atoms with van der Waals surface area (Å²) in [5.74, 6) is 2.35. The van der Waals surface area contributed by atoms with Gasteiger partial charge in [0.05, 0.1) is 24.8 Å². The topological polar surface area (TPSA) is 101 Å². The Labute approximate surface area is 364 Å². The molecule has 4 aromatic rings. The van der Waals surface area contributed by atoms with E-state index in [1.54, 1.807) is 18.9 Å². The fourth-order valence-electron chi connectivity index (χ4n) is 11.5. The van der Waals surface area contributed by atoms with E-state index in [9.17, 15) is 9.59 Å². The van der Waals surface area contributed by atoms with Gasteiger partial charge in [0.1, 0.15) is 36.2 Å². The van der Waals surface area contributed by atoms with Crippen molar-refractivity contribution in [1.29, 1.82) is 0 Å². The molecule has 0 amide bonds. The highest BCUT2D eigenvalue weighted by molar-refractivity contribution is 8.00. The number of hydrogen-bond donors (Lipinski definition) is 1. The summed E-state index contributed by atoms with van der Waals surface area (Å²) in [6.45, 7) is 9.13. The van der Waals surface area contributed by atoms with Crippen LogP contribution < -0.4 is 18.9 Å². The Hall–Kier alpha value is -4.89. The lowest BCUT2D eigenvalue weighted by Gasteiger charge is -2.50. The number of hydrogen-bond acceptors (Lipinski definition) is 8. The lowest BCUT2D eigenvalue weighted by atomic mass is 9.55. The van der Waals surface area contributed by atoms with Crippen LogP contribution in [0.2, 0.25) is 0 Å². The first-order valence-electron chi connectivity index (χ1n) is 22.2. The maximum Gasteiger partial charge on any atom is 0.306 e. The monoisotopic (exact) mass is 842 g/mol. The molecule has 5 aliphatic rings. The second-order valence-corrected chi connectivity index (χ2v) is 20.1. The number of allylic oxidation sites excluding steroid dienone is 2. The van der Waals surface area contributed by atoms with Gasteiger partial charge in [-0.15, -0.1) is 0 Å². The normalized spacial score (nSPS) is 23.9. The molecule has 2 saturated carbocycles. The summed E-state index contributed by atoms with van der Waals surface area (Å²) in [7, 11) is 1.68. The number of benzene rings is 4. The van der Waals surface area contributed by atoms with Crippen LogP contribution in [0.15, 0.2) is 83.8 Å². The van der Waals surface area contributed by atoms with Crippen molar-refractivity contribution in [3.63, 3.8) is 0 Å². The van der Waals surface area contributed by atoms with Gasteiger partial charge in [-0.3, -0.25) is 9.59 Å².